The number of ether oxygens (including phenoxy) is 1. The Morgan fingerprint density at radius 1 is 1.64 bits per heavy atom. The predicted octanol–water partition coefficient (Wildman–Crippen LogP) is 1.78. The Labute approximate surface area is 67.9 Å². The highest BCUT2D eigenvalue weighted by Crippen LogP contribution is 2.17. The first-order valence-electron chi connectivity index (χ1n) is 4.45. The second-order valence-corrected chi connectivity index (χ2v) is 3.15. The minimum absolute atomic E-state index is 0.309. The molecule has 11 heavy (non-hydrogen) atoms. The Hall–Kier alpha value is -0.370. The first-order chi connectivity index (χ1) is 5.34. The van der Waals surface area contributed by atoms with Gasteiger partial charge in [-0.3, -0.25) is 4.79 Å². The summed E-state index contributed by atoms with van der Waals surface area (Å²) in [5.41, 5.74) is 0. The highest BCUT2D eigenvalue weighted by molar-refractivity contribution is 5.82. The van der Waals surface area contributed by atoms with E-state index in [2.05, 4.69) is 6.92 Å². The van der Waals surface area contributed by atoms with E-state index in [1.165, 1.54) is 12.8 Å². The van der Waals surface area contributed by atoms with Crippen molar-refractivity contribution in [1.82, 2.24) is 0 Å². The molecule has 64 valence electrons. The fraction of sp³-hybridized carbons (Fsp3) is 0.889. The van der Waals surface area contributed by atoms with Gasteiger partial charge in [-0.05, 0) is 12.8 Å². The van der Waals surface area contributed by atoms with E-state index >= 15 is 0 Å². The Kier molecular flexibility index (Phi) is 3.57. The van der Waals surface area contributed by atoms with Gasteiger partial charge in [-0.15, -0.1) is 0 Å². The van der Waals surface area contributed by atoms with Crippen molar-refractivity contribution >= 4 is 5.78 Å². The van der Waals surface area contributed by atoms with Gasteiger partial charge >= 0.3 is 0 Å². The van der Waals surface area contributed by atoms with E-state index in [1.807, 2.05) is 0 Å². The minimum Gasteiger partial charge on any atom is -0.374 e. The molecule has 1 rings (SSSR count). The molecule has 0 aromatic heterocycles. The van der Waals surface area contributed by atoms with Crippen molar-refractivity contribution in [2.45, 2.75) is 32.6 Å². The SMILES string of the molecule is CCCCC1CCOCC1=O. The first kappa shape index (κ1) is 8.72. The number of rotatable bonds is 3. The molecule has 1 aliphatic rings. The molecule has 0 radical (unpaired) electrons. The Bertz CT molecular complexity index is 132. The van der Waals surface area contributed by atoms with Crippen LogP contribution in [-0.4, -0.2) is 19.0 Å². The monoisotopic (exact) mass is 156 g/mol. The summed E-state index contributed by atoms with van der Waals surface area (Å²) in [5, 5.41) is 0. The van der Waals surface area contributed by atoms with Crippen molar-refractivity contribution in [3.63, 3.8) is 0 Å². The van der Waals surface area contributed by atoms with Gasteiger partial charge in [0.1, 0.15) is 6.61 Å². The van der Waals surface area contributed by atoms with Gasteiger partial charge in [0.15, 0.2) is 5.78 Å². The van der Waals surface area contributed by atoms with Gasteiger partial charge in [-0.2, -0.15) is 0 Å². The van der Waals surface area contributed by atoms with Crippen LogP contribution in [0.4, 0.5) is 0 Å². The standard InChI is InChI=1S/C9H16O2/c1-2-3-4-8-5-6-11-7-9(8)10/h8H,2-7H2,1H3. The lowest BCUT2D eigenvalue weighted by atomic mass is 9.93. The van der Waals surface area contributed by atoms with Crippen LogP contribution in [0.1, 0.15) is 32.6 Å². The summed E-state index contributed by atoms with van der Waals surface area (Å²) in [6.45, 7) is 3.29. The zero-order chi connectivity index (χ0) is 8.10. The van der Waals surface area contributed by atoms with Crippen LogP contribution in [0.3, 0.4) is 0 Å². The molecule has 1 unspecified atom stereocenters. The van der Waals surface area contributed by atoms with Gasteiger partial charge in [0, 0.05) is 12.5 Å². The normalized spacial score (nSPS) is 25.5. The maximum absolute atomic E-state index is 11.2. The number of hydrogen-bond donors (Lipinski definition) is 0. The fourth-order valence-corrected chi connectivity index (χ4v) is 1.43. The summed E-state index contributed by atoms with van der Waals surface area (Å²) < 4.78 is 5.04. The Balaban J connectivity index is 2.24. The maximum Gasteiger partial charge on any atom is 0.161 e. The van der Waals surface area contributed by atoms with Crippen LogP contribution in [0.15, 0.2) is 0 Å². The average molecular weight is 156 g/mol. The van der Waals surface area contributed by atoms with Crippen molar-refractivity contribution in [3.8, 4) is 0 Å². The van der Waals surface area contributed by atoms with E-state index in [4.69, 9.17) is 4.74 Å². The third-order valence-electron chi connectivity index (χ3n) is 2.22. The molecule has 0 spiro atoms. The molecular weight excluding hydrogens is 140 g/mol. The Morgan fingerprint density at radius 3 is 3.09 bits per heavy atom. The van der Waals surface area contributed by atoms with Crippen LogP contribution in [0.5, 0.6) is 0 Å². The molecule has 0 N–H and O–H groups in total. The average Bonchev–Trinajstić information content (AvgIpc) is 2.03. The van der Waals surface area contributed by atoms with Crippen LogP contribution in [0.2, 0.25) is 0 Å². The zero-order valence-corrected chi connectivity index (χ0v) is 7.14. The van der Waals surface area contributed by atoms with Gasteiger partial charge in [-0.1, -0.05) is 19.8 Å². The molecule has 0 amide bonds. The lowest BCUT2D eigenvalue weighted by Crippen LogP contribution is -2.27. The van der Waals surface area contributed by atoms with E-state index in [9.17, 15) is 4.79 Å². The molecule has 0 saturated carbocycles. The third-order valence-corrected chi connectivity index (χ3v) is 2.22. The Morgan fingerprint density at radius 2 is 2.45 bits per heavy atom. The van der Waals surface area contributed by atoms with E-state index in [0.29, 0.717) is 18.3 Å². The summed E-state index contributed by atoms with van der Waals surface area (Å²) >= 11 is 0. The van der Waals surface area contributed by atoms with E-state index in [0.717, 1.165) is 19.4 Å². The van der Waals surface area contributed by atoms with E-state index < -0.39 is 0 Å². The van der Waals surface area contributed by atoms with Gasteiger partial charge in [0.2, 0.25) is 0 Å². The summed E-state index contributed by atoms with van der Waals surface area (Å²) in [5.74, 6) is 0.619. The quantitative estimate of drug-likeness (QED) is 0.622. The number of Topliss-reactive ketones (excluding diaryl/α,β-unsaturated/α-hetero) is 1. The molecule has 0 aliphatic carbocycles. The van der Waals surface area contributed by atoms with Gasteiger partial charge in [0.25, 0.3) is 0 Å². The number of ketones is 1. The molecule has 0 aromatic carbocycles. The van der Waals surface area contributed by atoms with Crippen molar-refractivity contribution in [1.29, 1.82) is 0 Å². The van der Waals surface area contributed by atoms with Crippen molar-refractivity contribution < 1.29 is 9.53 Å². The molecule has 1 fully saturated rings. The van der Waals surface area contributed by atoms with Crippen molar-refractivity contribution in [3.05, 3.63) is 0 Å². The summed E-state index contributed by atoms with van der Waals surface area (Å²) in [4.78, 5) is 11.2. The van der Waals surface area contributed by atoms with Crippen LogP contribution >= 0.6 is 0 Å². The first-order valence-corrected chi connectivity index (χ1v) is 4.45. The third kappa shape index (κ3) is 2.62. The van der Waals surface area contributed by atoms with Gasteiger partial charge < -0.3 is 4.74 Å². The van der Waals surface area contributed by atoms with Crippen molar-refractivity contribution in [2.75, 3.05) is 13.2 Å². The molecule has 2 heteroatoms. The molecule has 1 atom stereocenters. The van der Waals surface area contributed by atoms with Crippen molar-refractivity contribution in [2.24, 2.45) is 5.92 Å². The highest BCUT2D eigenvalue weighted by atomic mass is 16.5. The maximum atomic E-state index is 11.2. The largest absolute Gasteiger partial charge is 0.374 e. The van der Waals surface area contributed by atoms with Gasteiger partial charge in [0.05, 0.1) is 0 Å². The molecule has 1 aliphatic heterocycles. The summed E-state index contributed by atoms with van der Waals surface area (Å²) in [7, 11) is 0. The second-order valence-electron chi connectivity index (χ2n) is 3.15. The number of hydrogen-bond acceptors (Lipinski definition) is 2. The molecule has 0 aromatic rings. The zero-order valence-electron chi connectivity index (χ0n) is 7.14. The summed E-state index contributed by atoms with van der Waals surface area (Å²) in [6.07, 6.45) is 4.37. The lowest BCUT2D eigenvalue weighted by Gasteiger charge is -2.20. The number of carbonyl (C=O) groups is 1. The molecule has 2 nitrogen and oxygen atoms in total. The molecular formula is C9H16O2. The number of carbonyl (C=O) groups excluding carboxylic acids is 1. The van der Waals surface area contributed by atoms with Crippen LogP contribution in [0.25, 0.3) is 0 Å². The minimum atomic E-state index is 0.309. The van der Waals surface area contributed by atoms with Crippen LogP contribution < -0.4 is 0 Å². The second kappa shape index (κ2) is 4.50. The number of unbranched alkanes of at least 4 members (excludes halogenated alkanes) is 1. The summed E-state index contributed by atoms with van der Waals surface area (Å²) in [6, 6.07) is 0. The fourth-order valence-electron chi connectivity index (χ4n) is 1.43. The van der Waals surface area contributed by atoms with Gasteiger partial charge in [-0.25, -0.2) is 0 Å². The smallest absolute Gasteiger partial charge is 0.161 e. The molecule has 1 heterocycles. The van der Waals surface area contributed by atoms with Crippen LogP contribution in [0, 0.1) is 5.92 Å². The molecule has 1 saturated heterocycles. The predicted molar refractivity (Wildman–Crippen MR) is 43.5 cm³/mol. The topological polar surface area (TPSA) is 26.3 Å². The lowest BCUT2D eigenvalue weighted by molar-refractivity contribution is -0.132. The molecule has 0 bridgehead atoms. The highest BCUT2D eigenvalue weighted by Gasteiger charge is 2.21. The van der Waals surface area contributed by atoms with E-state index in [1.54, 1.807) is 0 Å². The van der Waals surface area contributed by atoms with E-state index in [-0.39, 0.29) is 0 Å². The van der Waals surface area contributed by atoms with Crippen LogP contribution in [-0.2, 0) is 9.53 Å².